The monoisotopic (exact) mass is 338 g/mol. The highest BCUT2D eigenvalue weighted by atomic mass is 16.5. The molecule has 2 aromatic rings. The summed E-state index contributed by atoms with van der Waals surface area (Å²) < 4.78 is 5.41. The molecule has 1 aliphatic heterocycles. The zero-order valence-corrected chi connectivity index (χ0v) is 14.8. The van der Waals surface area contributed by atoms with E-state index in [0.29, 0.717) is 12.3 Å². The highest BCUT2D eigenvalue weighted by Gasteiger charge is 2.25. The van der Waals surface area contributed by atoms with E-state index < -0.39 is 0 Å². The summed E-state index contributed by atoms with van der Waals surface area (Å²) in [6.07, 6.45) is 2.25. The first-order valence-electron chi connectivity index (χ1n) is 8.87. The molecule has 0 saturated heterocycles. The molecule has 0 spiro atoms. The van der Waals surface area contributed by atoms with Crippen LogP contribution in [0, 0.1) is 0 Å². The largest absolute Gasteiger partial charge is 0.497 e. The molecule has 1 unspecified atom stereocenters. The SMILES string of the molecule is COc1ccc2c(c1)C(CCCC(N)=O)CN(Cc1ccccc1)C2. The lowest BCUT2D eigenvalue weighted by Gasteiger charge is -2.35. The van der Waals surface area contributed by atoms with Crippen LogP contribution in [0.5, 0.6) is 5.75 Å². The predicted octanol–water partition coefficient (Wildman–Crippen LogP) is 3.45. The fourth-order valence-electron chi connectivity index (χ4n) is 3.67. The van der Waals surface area contributed by atoms with E-state index in [1.165, 1.54) is 16.7 Å². The Balaban J connectivity index is 1.77. The average Bonchev–Trinajstić information content (AvgIpc) is 2.62. The number of hydrogen-bond donors (Lipinski definition) is 1. The van der Waals surface area contributed by atoms with Gasteiger partial charge in [0.25, 0.3) is 0 Å². The average molecular weight is 338 g/mol. The van der Waals surface area contributed by atoms with Crippen molar-refractivity contribution in [2.75, 3.05) is 13.7 Å². The van der Waals surface area contributed by atoms with Crippen LogP contribution in [-0.2, 0) is 17.9 Å². The Labute approximate surface area is 149 Å². The summed E-state index contributed by atoms with van der Waals surface area (Å²) in [6.45, 7) is 2.88. The maximum absolute atomic E-state index is 11.1. The third kappa shape index (κ3) is 4.60. The van der Waals surface area contributed by atoms with Crippen LogP contribution < -0.4 is 10.5 Å². The van der Waals surface area contributed by atoms with Gasteiger partial charge < -0.3 is 10.5 Å². The lowest BCUT2D eigenvalue weighted by Crippen LogP contribution is -2.33. The number of carbonyl (C=O) groups is 1. The smallest absolute Gasteiger partial charge is 0.217 e. The van der Waals surface area contributed by atoms with Crippen LogP contribution in [-0.4, -0.2) is 24.5 Å². The lowest BCUT2D eigenvalue weighted by atomic mass is 9.85. The minimum Gasteiger partial charge on any atom is -0.497 e. The topological polar surface area (TPSA) is 55.6 Å². The van der Waals surface area contributed by atoms with Crippen LogP contribution in [0.3, 0.4) is 0 Å². The van der Waals surface area contributed by atoms with Gasteiger partial charge in [0, 0.05) is 26.1 Å². The van der Waals surface area contributed by atoms with Crippen molar-refractivity contribution >= 4 is 5.91 Å². The van der Waals surface area contributed by atoms with Gasteiger partial charge in [0.1, 0.15) is 5.75 Å². The molecule has 3 rings (SSSR count). The van der Waals surface area contributed by atoms with E-state index in [1.54, 1.807) is 7.11 Å². The van der Waals surface area contributed by atoms with Gasteiger partial charge in [-0.2, -0.15) is 0 Å². The van der Waals surface area contributed by atoms with Crippen LogP contribution in [0.25, 0.3) is 0 Å². The van der Waals surface area contributed by atoms with Crippen molar-refractivity contribution in [2.24, 2.45) is 5.73 Å². The highest BCUT2D eigenvalue weighted by molar-refractivity contribution is 5.73. The third-order valence-electron chi connectivity index (χ3n) is 4.89. The molecule has 2 aromatic carbocycles. The summed E-state index contributed by atoms with van der Waals surface area (Å²) in [5.41, 5.74) is 9.35. The Bertz CT molecular complexity index is 715. The maximum Gasteiger partial charge on any atom is 0.217 e. The van der Waals surface area contributed by atoms with Gasteiger partial charge in [-0.25, -0.2) is 0 Å². The summed E-state index contributed by atoms with van der Waals surface area (Å²) in [4.78, 5) is 13.6. The van der Waals surface area contributed by atoms with Gasteiger partial charge in [-0.15, -0.1) is 0 Å². The fraction of sp³-hybridized carbons (Fsp3) is 0.381. The van der Waals surface area contributed by atoms with E-state index >= 15 is 0 Å². The molecule has 1 amide bonds. The zero-order chi connectivity index (χ0) is 17.6. The van der Waals surface area contributed by atoms with Crippen molar-refractivity contribution in [3.8, 4) is 5.75 Å². The number of ether oxygens (including phenoxy) is 1. The molecule has 25 heavy (non-hydrogen) atoms. The predicted molar refractivity (Wildman–Crippen MR) is 99.3 cm³/mol. The second kappa shape index (κ2) is 8.17. The van der Waals surface area contributed by atoms with Gasteiger partial charge in [-0.05, 0) is 47.6 Å². The van der Waals surface area contributed by atoms with Gasteiger partial charge >= 0.3 is 0 Å². The number of nitrogens with two attached hydrogens (primary N) is 1. The standard InChI is InChI=1S/C21H26N2O2/c1-25-19-11-10-18-15-23(13-16-6-3-2-4-7-16)14-17(20(18)12-19)8-5-9-21(22)24/h2-4,6-7,10-12,17H,5,8-9,13-15H2,1H3,(H2,22,24). The van der Waals surface area contributed by atoms with Crippen molar-refractivity contribution in [3.63, 3.8) is 0 Å². The molecule has 1 aliphatic rings. The maximum atomic E-state index is 11.1. The van der Waals surface area contributed by atoms with Crippen LogP contribution in [0.15, 0.2) is 48.5 Å². The van der Waals surface area contributed by atoms with E-state index in [9.17, 15) is 4.79 Å². The Kier molecular flexibility index (Phi) is 5.71. The normalized spacial score (nSPS) is 17.1. The molecular formula is C21H26N2O2. The van der Waals surface area contributed by atoms with Crippen molar-refractivity contribution in [2.45, 2.75) is 38.3 Å². The summed E-state index contributed by atoms with van der Waals surface area (Å²) in [5, 5.41) is 0. The van der Waals surface area contributed by atoms with E-state index in [-0.39, 0.29) is 5.91 Å². The van der Waals surface area contributed by atoms with Gasteiger partial charge in [-0.1, -0.05) is 36.4 Å². The van der Waals surface area contributed by atoms with Gasteiger partial charge in [0.15, 0.2) is 0 Å². The minimum absolute atomic E-state index is 0.220. The van der Waals surface area contributed by atoms with E-state index in [2.05, 4.69) is 41.3 Å². The molecule has 0 aliphatic carbocycles. The Morgan fingerprint density at radius 2 is 2.04 bits per heavy atom. The van der Waals surface area contributed by atoms with Crippen LogP contribution in [0.4, 0.5) is 0 Å². The quantitative estimate of drug-likeness (QED) is 0.841. The molecule has 4 nitrogen and oxygen atoms in total. The molecule has 2 N–H and O–H groups in total. The third-order valence-corrected chi connectivity index (χ3v) is 4.89. The van der Waals surface area contributed by atoms with Crippen molar-refractivity contribution in [1.82, 2.24) is 4.90 Å². The second-order valence-corrected chi connectivity index (χ2v) is 6.78. The van der Waals surface area contributed by atoms with Crippen LogP contribution in [0.1, 0.15) is 41.9 Å². The second-order valence-electron chi connectivity index (χ2n) is 6.78. The Morgan fingerprint density at radius 3 is 2.76 bits per heavy atom. The lowest BCUT2D eigenvalue weighted by molar-refractivity contribution is -0.118. The van der Waals surface area contributed by atoms with Gasteiger partial charge in [0.2, 0.25) is 5.91 Å². The summed E-state index contributed by atoms with van der Waals surface area (Å²) >= 11 is 0. The van der Waals surface area contributed by atoms with E-state index in [0.717, 1.165) is 38.2 Å². The van der Waals surface area contributed by atoms with Crippen molar-refractivity contribution < 1.29 is 9.53 Å². The van der Waals surface area contributed by atoms with E-state index in [1.807, 2.05) is 12.1 Å². The fourth-order valence-corrected chi connectivity index (χ4v) is 3.67. The number of hydrogen-bond acceptors (Lipinski definition) is 3. The molecular weight excluding hydrogens is 312 g/mol. The van der Waals surface area contributed by atoms with Gasteiger partial charge in [-0.3, -0.25) is 9.69 Å². The number of primary amides is 1. The number of carbonyl (C=O) groups excluding carboxylic acids is 1. The zero-order valence-electron chi connectivity index (χ0n) is 14.8. The molecule has 4 heteroatoms. The summed E-state index contributed by atoms with van der Waals surface area (Å²) in [7, 11) is 1.70. The van der Waals surface area contributed by atoms with Crippen molar-refractivity contribution in [3.05, 3.63) is 65.2 Å². The highest BCUT2D eigenvalue weighted by Crippen LogP contribution is 2.35. The van der Waals surface area contributed by atoms with E-state index in [4.69, 9.17) is 10.5 Å². The molecule has 0 bridgehead atoms. The number of methoxy groups -OCH3 is 1. The number of fused-ring (bicyclic) bond motifs is 1. The molecule has 0 fully saturated rings. The summed E-state index contributed by atoms with van der Waals surface area (Å²) in [5.74, 6) is 1.08. The Hall–Kier alpha value is -2.33. The molecule has 0 aromatic heterocycles. The number of nitrogens with zero attached hydrogens (tertiary/aromatic N) is 1. The first-order chi connectivity index (χ1) is 12.2. The first kappa shape index (κ1) is 17.5. The molecule has 1 atom stereocenters. The van der Waals surface area contributed by atoms with Gasteiger partial charge in [0.05, 0.1) is 7.11 Å². The number of benzene rings is 2. The van der Waals surface area contributed by atoms with Crippen molar-refractivity contribution in [1.29, 1.82) is 0 Å². The first-order valence-corrected chi connectivity index (χ1v) is 8.87. The van der Waals surface area contributed by atoms with Crippen LogP contribution >= 0.6 is 0 Å². The molecule has 0 saturated carbocycles. The molecule has 132 valence electrons. The summed E-state index contributed by atoms with van der Waals surface area (Å²) in [6, 6.07) is 16.9. The molecule has 0 radical (unpaired) electrons. The number of rotatable bonds is 7. The minimum atomic E-state index is -0.220. The molecule has 1 heterocycles. The van der Waals surface area contributed by atoms with Crippen LogP contribution in [0.2, 0.25) is 0 Å². The number of amides is 1. The Morgan fingerprint density at radius 1 is 1.24 bits per heavy atom.